The molecule has 4 unspecified atom stereocenters. The van der Waals surface area contributed by atoms with Crippen LogP contribution in [0.15, 0.2) is 17.1 Å². The van der Waals surface area contributed by atoms with Gasteiger partial charge in [0.15, 0.2) is 22.9 Å². The maximum Gasteiger partial charge on any atom is 0.351 e. The summed E-state index contributed by atoms with van der Waals surface area (Å²) in [6.45, 7) is 12.2. The quantitative estimate of drug-likeness (QED) is 0.705. The molecule has 0 aliphatic carbocycles. The molecule has 0 bridgehead atoms. The summed E-state index contributed by atoms with van der Waals surface area (Å²) in [5.41, 5.74) is 5.06. The molecule has 3 N–H and O–H groups in total. The highest BCUT2D eigenvalue weighted by molar-refractivity contribution is 6.70. The number of hydrogen-bond acceptors (Lipinski definition) is 7. The molecule has 2 heterocycles. The Labute approximate surface area is 150 Å². The van der Waals surface area contributed by atoms with Crippen molar-refractivity contribution < 1.29 is 18.7 Å². The molecule has 8 nitrogen and oxygen atoms in total. The summed E-state index contributed by atoms with van der Waals surface area (Å²) in [6, 6.07) is 1.54. The first-order valence-corrected chi connectivity index (χ1v) is 15.2. The van der Waals surface area contributed by atoms with Gasteiger partial charge in [0.05, 0.1) is 6.61 Å². The van der Waals surface area contributed by atoms with Gasteiger partial charge in [0.2, 0.25) is 0 Å². The fraction of sp³-hybridized carbons (Fsp3) is 0.733. The van der Waals surface area contributed by atoms with Gasteiger partial charge in [-0.05, 0) is 45.3 Å². The predicted molar refractivity (Wildman–Crippen MR) is 100 cm³/mol. The van der Waals surface area contributed by atoms with E-state index in [2.05, 4.69) is 44.3 Å². The second-order valence-electron chi connectivity index (χ2n) is 8.18. The molecule has 0 saturated carbocycles. The van der Waals surface area contributed by atoms with Crippen LogP contribution in [0.25, 0.3) is 0 Å². The molecule has 4 atom stereocenters. The molecule has 0 aromatic carbocycles. The van der Waals surface area contributed by atoms with Crippen molar-refractivity contribution in [3.63, 3.8) is 0 Å². The van der Waals surface area contributed by atoms with Gasteiger partial charge in [-0.2, -0.15) is 4.98 Å². The van der Waals surface area contributed by atoms with Crippen LogP contribution >= 0.6 is 0 Å². The highest BCUT2D eigenvalue weighted by atomic mass is 28.4. The standard InChI is InChI=1S/C15H29N3O5Si2/c1-24(2,3)22-12-10(9-19)21-14(13(12)23-25(4,5)6)18-8-7-11(16)17-15(18)20/h7-8,10,12-14,19H,9H2,1-6H3,(H2,16,17,20). The monoisotopic (exact) mass is 387 g/mol. The van der Waals surface area contributed by atoms with E-state index in [1.165, 1.54) is 10.6 Å². The minimum atomic E-state index is -1.97. The summed E-state index contributed by atoms with van der Waals surface area (Å²) in [6.07, 6.45) is -0.689. The number of aliphatic hydroxyl groups excluding tert-OH is 1. The van der Waals surface area contributed by atoms with Crippen LogP contribution in [0, 0.1) is 0 Å². The van der Waals surface area contributed by atoms with E-state index in [-0.39, 0.29) is 12.4 Å². The largest absolute Gasteiger partial charge is 0.409 e. The van der Waals surface area contributed by atoms with Crippen molar-refractivity contribution in [2.75, 3.05) is 12.3 Å². The van der Waals surface area contributed by atoms with Gasteiger partial charge in [0, 0.05) is 6.20 Å². The van der Waals surface area contributed by atoms with E-state index < -0.39 is 46.9 Å². The third-order valence-corrected chi connectivity index (χ3v) is 5.53. The van der Waals surface area contributed by atoms with Crippen LogP contribution in [0.3, 0.4) is 0 Å². The zero-order valence-electron chi connectivity index (χ0n) is 15.7. The third kappa shape index (κ3) is 5.22. The number of aliphatic hydroxyl groups is 1. The molecule has 1 fully saturated rings. The Bertz CT molecular complexity index is 656. The van der Waals surface area contributed by atoms with Crippen molar-refractivity contribution in [1.82, 2.24) is 9.55 Å². The smallest absolute Gasteiger partial charge is 0.351 e. The molecular formula is C15H29N3O5Si2. The van der Waals surface area contributed by atoms with E-state index in [4.69, 9.17) is 19.3 Å². The van der Waals surface area contributed by atoms with Crippen molar-refractivity contribution in [3.05, 3.63) is 22.7 Å². The molecule has 1 saturated heterocycles. The Morgan fingerprint density at radius 1 is 1.20 bits per heavy atom. The van der Waals surface area contributed by atoms with Gasteiger partial charge >= 0.3 is 5.69 Å². The minimum Gasteiger partial charge on any atom is -0.409 e. The number of anilines is 1. The molecule has 25 heavy (non-hydrogen) atoms. The van der Waals surface area contributed by atoms with Crippen LogP contribution in [-0.2, 0) is 13.6 Å². The van der Waals surface area contributed by atoms with Crippen LogP contribution < -0.4 is 11.4 Å². The summed E-state index contributed by atoms with van der Waals surface area (Å²) in [4.78, 5) is 16.0. The fourth-order valence-electron chi connectivity index (χ4n) is 2.78. The summed E-state index contributed by atoms with van der Waals surface area (Å²) in [7, 11) is -3.90. The van der Waals surface area contributed by atoms with Crippen LogP contribution in [0.4, 0.5) is 5.82 Å². The lowest BCUT2D eigenvalue weighted by Gasteiger charge is -2.34. The minimum absolute atomic E-state index is 0.149. The van der Waals surface area contributed by atoms with Gasteiger partial charge in [-0.3, -0.25) is 4.57 Å². The van der Waals surface area contributed by atoms with E-state index >= 15 is 0 Å². The third-order valence-electron chi connectivity index (χ3n) is 3.57. The van der Waals surface area contributed by atoms with E-state index in [0.29, 0.717) is 0 Å². The molecule has 2 rings (SSSR count). The molecule has 1 aromatic heterocycles. The van der Waals surface area contributed by atoms with Gasteiger partial charge in [-0.1, -0.05) is 0 Å². The summed E-state index contributed by atoms with van der Waals surface area (Å²) in [5.74, 6) is 0.149. The van der Waals surface area contributed by atoms with Crippen molar-refractivity contribution in [1.29, 1.82) is 0 Å². The summed E-state index contributed by atoms with van der Waals surface area (Å²) >= 11 is 0. The Balaban J connectivity index is 2.44. The van der Waals surface area contributed by atoms with Gasteiger partial charge in [-0.15, -0.1) is 0 Å². The Hall–Kier alpha value is -1.05. The molecular weight excluding hydrogens is 358 g/mol. The van der Waals surface area contributed by atoms with E-state index in [1.54, 1.807) is 6.20 Å². The number of nitrogens with two attached hydrogens (primary N) is 1. The van der Waals surface area contributed by atoms with Crippen molar-refractivity contribution in [2.24, 2.45) is 0 Å². The molecule has 0 spiro atoms. The van der Waals surface area contributed by atoms with Crippen LogP contribution in [0.5, 0.6) is 0 Å². The molecule has 1 aliphatic heterocycles. The topological polar surface area (TPSA) is 109 Å². The first-order valence-electron chi connectivity index (χ1n) is 8.38. The van der Waals surface area contributed by atoms with Crippen LogP contribution in [0.2, 0.25) is 39.3 Å². The second kappa shape index (κ2) is 7.29. The number of nitrogen functional groups attached to an aromatic ring is 1. The van der Waals surface area contributed by atoms with Gasteiger partial charge in [0.1, 0.15) is 24.1 Å². The van der Waals surface area contributed by atoms with Gasteiger partial charge in [-0.25, -0.2) is 4.79 Å². The summed E-state index contributed by atoms with van der Waals surface area (Å²) < 4.78 is 19.9. The maximum absolute atomic E-state index is 12.3. The Morgan fingerprint density at radius 3 is 2.24 bits per heavy atom. The number of hydrogen-bond donors (Lipinski definition) is 2. The molecule has 1 aliphatic rings. The maximum atomic E-state index is 12.3. The Kier molecular flexibility index (Phi) is 5.91. The van der Waals surface area contributed by atoms with Crippen LogP contribution in [-0.4, -0.2) is 56.2 Å². The number of rotatable bonds is 6. The molecule has 10 heteroatoms. The van der Waals surface area contributed by atoms with Gasteiger partial charge < -0.3 is 24.4 Å². The Morgan fingerprint density at radius 2 is 1.76 bits per heavy atom. The molecule has 1 aromatic rings. The predicted octanol–water partition coefficient (Wildman–Crippen LogP) is 1.16. The van der Waals surface area contributed by atoms with Crippen molar-refractivity contribution >= 4 is 22.5 Å². The fourth-order valence-corrected chi connectivity index (χ4v) is 4.95. The zero-order chi connectivity index (χ0) is 19.0. The number of ether oxygens (including phenoxy) is 1. The normalized spacial score (nSPS) is 27.6. The lowest BCUT2D eigenvalue weighted by Crippen LogP contribution is -2.48. The van der Waals surface area contributed by atoms with E-state index in [0.717, 1.165) is 0 Å². The molecule has 0 radical (unpaired) electrons. The van der Waals surface area contributed by atoms with E-state index in [9.17, 15) is 9.90 Å². The van der Waals surface area contributed by atoms with Crippen molar-refractivity contribution in [2.45, 2.75) is 63.8 Å². The SMILES string of the molecule is C[Si](C)(C)OC1C(CO)OC(n2ccc(N)nc2=O)C1O[Si](C)(C)C. The lowest BCUT2D eigenvalue weighted by molar-refractivity contribution is -0.0522. The number of aromatic nitrogens is 2. The average molecular weight is 388 g/mol. The molecule has 142 valence electrons. The van der Waals surface area contributed by atoms with Crippen molar-refractivity contribution in [3.8, 4) is 0 Å². The first kappa shape index (κ1) is 20.3. The number of nitrogens with zero attached hydrogens (tertiary/aromatic N) is 2. The average Bonchev–Trinajstić information content (AvgIpc) is 2.73. The molecule has 0 amide bonds. The zero-order valence-corrected chi connectivity index (χ0v) is 17.7. The highest BCUT2D eigenvalue weighted by Gasteiger charge is 2.49. The second-order valence-corrected chi connectivity index (χ2v) is 17.1. The lowest BCUT2D eigenvalue weighted by atomic mass is 10.1. The first-order chi connectivity index (χ1) is 11.4. The summed E-state index contributed by atoms with van der Waals surface area (Å²) in [5, 5.41) is 9.77. The highest BCUT2D eigenvalue weighted by Crippen LogP contribution is 2.36. The van der Waals surface area contributed by atoms with E-state index in [1.807, 2.05) is 0 Å². The van der Waals surface area contributed by atoms with Crippen LogP contribution in [0.1, 0.15) is 6.23 Å². The van der Waals surface area contributed by atoms with Gasteiger partial charge in [0.25, 0.3) is 0 Å².